The van der Waals surface area contributed by atoms with Crippen molar-refractivity contribution in [1.82, 2.24) is 9.80 Å². The Balaban J connectivity index is 1.89. The number of halogens is 1. The number of piperazine rings is 1. The zero-order valence-electron chi connectivity index (χ0n) is 12.3. The summed E-state index contributed by atoms with van der Waals surface area (Å²) in [6, 6.07) is 7.16. The van der Waals surface area contributed by atoms with E-state index in [1.807, 2.05) is 17.0 Å². The molecule has 2 rings (SSSR count). The van der Waals surface area contributed by atoms with Crippen molar-refractivity contribution in [3.8, 4) is 0 Å². The Hall–Kier alpha value is -1.26. The smallest absolute Gasteiger partial charge is 0.321 e. The summed E-state index contributed by atoms with van der Waals surface area (Å²) in [6.07, 6.45) is 0. The number of urea groups is 1. The van der Waals surface area contributed by atoms with Gasteiger partial charge in [0.15, 0.2) is 0 Å². The lowest BCUT2D eigenvalue weighted by Crippen LogP contribution is -2.55. The van der Waals surface area contributed by atoms with Crippen LogP contribution in [0, 0.1) is 0 Å². The maximum Gasteiger partial charge on any atom is 0.321 e. The predicted molar refractivity (Wildman–Crippen MR) is 83.4 cm³/mol. The SMILES string of the molecule is CC(C)(C)N1CCN(C(=O)Nc2cccc(Cl)c2)CC1. The molecule has 0 aliphatic carbocycles. The summed E-state index contributed by atoms with van der Waals surface area (Å²) in [5.74, 6) is 0. The largest absolute Gasteiger partial charge is 0.322 e. The molecule has 0 aromatic heterocycles. The maximum atomic E-state index is 12.2. The molecule has 4 nitrogen and oxygen atoms in total. The molecule has 20 heavy (non-hydrogen) atoms. The first-order valence-corrected chi connectivity index (χ1v) is 7.30. The highest BCUT2D eigenvalue weighted by atomic mass is 35.5. The number of anilines is 1. The van der Waals surface area contributed by atoms with Gasteiger partial charge >= 0.3 is 6.03 Å². The Kier molecular flexibility index (Phi) is 4.55. The lowest BCUT2D eigenvalue weighted by atomic mass is 10.1. The Morgan fingerprint density at radius 2 is 1.85 bits per heavy atom. The van der Waals surface area contributed by atoms with Crippen LogP contribution in [0.25, 0.3) is 0 Å². The Labute approximate surface area is 125 Å². The second-order valence-electron chi connectivity index (χ2n) is 6.09. The van der Waals surface area contributed by atoms with Gasteiger partial charge in [0.25, 0.3) is 0 Å². The molecular weight excluding hydrogens is 274 g/mol. The summed E-state index contributed by atoms with van der Waals surface area (Å²) in [7, 11) is 0. The lowest BCUT2D eigenvalue weighted by Gasteiger charge is -2.42. The number of nitrogens with zero attached hydrogens (tertiary/aromatic N) is 2. The van der Waals surface area contributed by atoms with Gasteiger partial charge in [0.2, 0.25) is 0 Å². The van der Waals surface area contributed by atoms with E-state index in [0.29, 0.717) is 5.02 Å². The average Bonchev–Trinajstić information content (AvgIpc) is 2.38. The van der Waals surface area contributed by atoms with E-state index < -0.39 is 0 Å². The number of rotatable bonds is 1. The minimum atomic E-state index is -0.0548. The van der Waals surface area contributed by atoms with E-state index in [1.54, 1.807) is 12.1 Å². The summed E-state index contributed by atoms with van der Waals surface area (Å²) >= 11 is 5.91. The third-order valence-corrected chi connectivity index (χ3v) is 3.83. The van der Waals surface area contributed by atoms with Gasteiger partial charge in [0, 0.05) is 42.4 Å². The van der Waals surface area contributed by atoms with Gasteiger partial charge in [-0.05, 0) is 39.0 Å². The van der Waals surface area contributed by atoms with Crippen molar-refractivity contribution in [3.63, 3.8) is 0 Å². The van der Waals surface area contributed by atoms with E-state index in [4.69, 9.17) is 11.6 Å². The van der Waals surface area contributed by atoms with Gasteiger partial charge in [0.1, 0.15) is 0 Å². The number of amides is 2. The highest BCUT2D eigenvalue weighted by Gasteiger charge is 2.27. The molecule has 0 bridgehead atoms. The Morgan fingerprint density at radius 3 is 2.40 bits per heavy atom. The molecule has 1 heterocycles. The summed E-state index contributed by atoms with van der Waals surface area (Å²) in [6.45, 7) is 9.93. The van der Waals surface area contributed by atoms with Crippen molar-refractivity contribution in [2.75, 3.05) is 31.5 Å². The van der Waals surface area contributed by atoms with E-state index in [9.17, 15) is 4.79 Å². The van der Waals surface area contributed by atoms with Crippen molar-refractivity contribution >= 4 is 23.3 Å². The van der Waals surface area contributed by atoms with E-state index in [2.05, 4.69) is 31.0 Å². The van der Waals surface area contributed by atoms with Gasteiger partial charge in [-0.15, -0.1) is 0 Å². The molecule has 1 N–H and O–H groups in total. The minimum Gasteiger partial charge on any atom is -0.322 e. The van der Waals surface area contributed by atoms with Crippen LogP contribution in [0.5, 0.6) is 0 Å². The van der Waals surface area contributed by atoms with Crippen LogP contribution in [0.1, 0.15) is 20.8 Å². The van der Waals surface area contributed by atoms with Crippen LogP contribution in [0.2, 0.25) is 5.02 Å². The minimum absolute atomic E-state index is 0.0548. The first-order chi connectivity index (χ1) is 9.36. The summed E-state index contributed by atoms with van der Waals surface area (Å²) < 4.78 is 0. The van der Waals surface area contributed by atoms with Gasteiger partial charge in [-0.25, -0.2) is 4.79 Å². The van der Waals surface area contributed by atoms with Crippen molar-refractivity contribution < 1.29 is 4.79 Å². The third kappa shape index (κ3) is 3.87. The third-order valence-electron chi connectivity index (χ3n) is 3.59. The van der Waals surface area contributed by atoms with Gasteiger partial charge in [0.05, 0.1) is 0 Å². The monoisotopic (exact) mass is 295 g/mol. The number of carbonyl (C=O) groups excluding carboxylic acids is 1. The molecule has 0 unspecified atom stereocenters. The maximum absolute atomic E-state index is 12.2. The second-order valence-corrected chi connectivity index (χ2v) is 6.52. The molecule has 2 amide bonds. The normalized spacial score (nSPS) is 17.1. The highest BCUT2D eigenvalue weighted by Crippen LogP contribution is 2.18. The van der Waals surface area contributed by atoms with Crippen LogP contribution in [0.15, 0.2) is 24.3 Å². The fourth-order valence-electron chi connectivity index (χ4n) is 2.35. The first kappa shape index (κ1) is 15.1. The predicted octanol–water partition coefficient (Wildman–Crippen LogP) is 3.29. The molecule has 0 saturated carbocycles. The molecule has 0 radical (unpaired) electrons. The van der Waals surface area contributed by atoms with Crippen LogP contribution >= 0.6 is 11.6 Å². The molecule has 1 aromatic rings. The van der Waals surface area contributed by atoms with Crippen LogP contribution in [-0.4, -0.2) is 47.5 Å². The van der Waals surface area contributed by atoms with Crippen LogP contribution < -0.4 is 5.32 Å². The van der Waals surface area contributed by atoms with Gasteiger partial charge in [-0.3, -0.25) is 4.90 Å². The number of nitrogens with one attached hydrogen (secondary N) is 1. The Bertz CT molecular complexity index is 476. The highest BCUT2D eigenvalue weighted by molar-refractivity contribution is 6.30. The summed E-state index contributed by atoms with van der Waals surface area (Å²) in [4.78, 5) is 16.4. The van der Waals surface area contributed by atoms with Crippen LogP contribution in [0.4, 0.5) is 10.5 Å². The van der Waals surface area contributed by atoms with Crippen LogP contribution in [0.3, 0.4) is 0 Å². The number of hydrogen-bond acceptors (Lipinski definition) is 2. The first-order valence-electron chi connectivity index (χ1n) is 6.93. The summed E-state index contributed by atoms with van der Waals surface area (Å²) in [5, 5.41) is 3.52. The average molecular weight is 296 g/mol. The van der Waals surface area contributed by atoms with Crippen molar-refractivity contribution in [2.24, 2.45) is 0 Å². The fraction of sp³-hybridized carbons (Fsp3) is 0.533. The molecule has 1 aromatic carbocycles. The molecule has 1 aliphatic heterocycles. The van der Waals surface area contributed by atoms with E-state index in [1.165, 1.54) is 0 Å². The quantitative estimate of drug-likeness (QED) is 0.863. The zero-order valence-corrected chi connectivity index (χ0v) is 13.1. The van der Waals surface area contributed by atoms with Crippen molar-refractivity contribution in [1.29, 1.82) is 0 Å². The molecule has 1 fully saturated rings. The number of carbonyl (C=O) groups is 1. The molecule has 1 aliphatic rings. The topological polar surface area (TPSA) is 35.6 Å². The van der Waals surface area contributed by atoms with Gasteiger partial charge in [-0.2, -0.15) is 0 Å². The van der Waals surface area contributed by atoms with Gasteiger partial charge < -0.3 is 10.2 Å². The van der Waals surface area contributed by atoms with E-state index in [-0.39, 0.29) is 11.6 Å². The lowest BCUT2D eigenvalue weighted by molar-refractivity contribution is 0.0774. The molecular formula is C15H22ClN3O. The molecule has 110 valence electrons. The van der Waals surface area contributed by atoms with Crippen LogP contribution in [-0.2, 0) is 0 Å². The molecule has 0 spiro atoms. The molecule has 5 heteroatoms. The fourth-order valence-corrected chi connectivity index (χ4v) is 2.54. The molecule has 1 saturated heterocycles. The second kappa shape index (κ2) is 6.02. The standard InChI is InChI=1S/C15H22ClN3O/c1-15(2,3)19-9-7-18(8-10-19)14(20)17-13-6-4-5-12(16)11-13/h4-6,11H,7-10H2,1-3H3,(H,17,20). The summed E-state index contributed by atoms with van der Waals surface area (Å²) in [5.41, 5.74) is 0.899. The Morgan fingerprint density at radius 1 is 1.20 bits per heavy atom. The number of hydrogen-bond donors (Lipinski definition) is 1. The number of benzene rings is 1. The molecule has 0 atom stereocenters. The zero-order chi connectivity index (χ0) is 14.8. The van der Waals surface area contributed by atoms with Crippen molar-refractivity contribution in [3.05, 3.63) is 29.3 Å². The van der Waals surface area contributed by atoms with Gasteiger partial charge in [-0.1, -0.05) is 17.7 Å². The van der Waals surface area contributed by atoms with E-state index >= 15 is 0 Å². The van der Waals surface area contributed by atoms with Crippen molar-refractivity contribution in [2.45, 2.75) is 26.3 Å². The van der Waals surface area contributed by atoms with E-state index in [0.717, 1.165) is 31.9 Å².